The molecule has 0 N–H and O–H groups in total. The topological polar surface area (TPSA) is 52.1 Å². The Morgan fingerprint density at radius 3 is 2.64 bits per heavy atom. The highest BCUT2D eigenvalue weighted by molar-refractivity contribution is 9.10. The van der Waals surface area contributed by atoms with E-state index in [1.54, 1.807) is 12.1 Å². The number of carbonyl (C=O) groups excluding carboxylic acids is 1. The monoisotopic (exact) mass is 414 g/mol. The summed E-state index contributed by atoms with van der Waals surface area (Å²) in [7, 11) is 0. The summed E-state index contributed by atoms with van der Waals surface area (Å²) in [6.45, 7) is 2.51. The van der Waals surface area contributed by atoms with Crippen molar-refractivity contribution in [2.24, 2.45) is 0 Å². The van der Waals surface area contributed by atoms with E-state index in [4.69, 9.17) is 4.74 Å². The van der Waals surface area contributed by atoms with E-state index in [1.807, 2.05) is 24.3 Å². The fraction of sp³-hybridized carbons (Fsp3) is 0.211. The van der Waals surface area contributed by atoms with Gasteiger partial charge in [-0.3, -0.25) is 0 Å². The summed E-state index contributed by atoms with van der Waals surface area (Å²) in [5.41, 5.74) is 3.81. The van der Waals surface area contributed by atoms with E-state index in [1.165, 1.54) is 11.7 Å². The van der Waals surface area contributed by atoms with Gasteiger partial charge < -0.3 is 4.74 Å². The number of halogens is 1. The lowest BCUT2D eigenvalue weighted by molar-refractivity contribution is 0.0500. The van der Waals surface area contributed by atoms with Crippen molar-refractivity contribution in [1.82, 2.24) is 8.75 Å². The number of carbonyl (C=O) groups is 1. The van der Waals surface area contributed by atoms with E-state index < -0.39 is 0 Å². The second-order valence-electron chi connectivity index (χ2n) is 5.37. The number of aromatic nitrogens is 2. The van der Waals surface area contributed by atoms with E-state index in [9.17, 15) is 4.79 Å². The summed E-state index contributed by atoms with van der Waals surface area (Å²) in [6.07, 6.45) is 1.88. The predicted octanol–water partition coefficient (Wildman–Crippen LogP) is 4.81. The maximum Gasteiger partial charge on any atom is 0.338 e. The first-order valence-electron chi connectivity index (χ1n) is 7.89. The molecule has 0 saturated carbocycles. The molecular formula is C19H15BrN2O2S. The smallest absolute Gasteiger partial charge is 0.338 e. The molecule has 0 saturated heterocycles. The normalized spacial score (nSPS) is 10.3. The highest BCUT2D eigenvalue weighted by Gasteiger charge is 2.08. The van der Waals surface area contributed by atoms with Gasteiger partial charge in [0.1, 0.15) is 11.0 Å². The van der Waals surface area contributed by atoms with Crippen molar-refractivity contribution in [3.8, 4) is 11.8 Å². The summed E-state index contributed by atoms with van der Waals surface area (Å²) in [5, 5.41) is 0. The zero-order valence-electron chi connectivity index (χ0n) is 13.6. The van der Waals surface area contributed by atoms with Gasteiger partial charge in [0, 0.05) is 10.0 Å². The van der Waals surface area contributed by atoms with Gasteiger partial charge in [0.2, 0.25) is 0 Å². The molecule has 1 heterocycles. The average Bonchev–Trinajstić information content (AvgIpc) is 3.13. The van der Waals surface area contributed by atoms with Gasteiger partial charge in [-0.2, -0.15) is 8.75 Å². The highest BCUT2D eigenvalue weighted by atomic mass is 79.9. The minimum Gasteiger partial charge on any atom is -0.462 e. The molecule has 0 fully saturated rings. The fourth-order valence-corrected chi connectivity index (χ4v) is 3.26. The Balaban J connectivity index is 1.76. The molecule has 0 aliphatic heterocycles. The van der Waals surface area contributed by atoms with Crippen LogP contribution in [0, 0.1) is 11.8 Å². The van der Waals surface area contributed by atoms with Crippen molar-refractivity contribution in [2.45, 2.75) is 19.8 Å². The highest BCUT2D eigenvalue weighted by Crippen LogP contribution is 2.24. The van der Waals surface area contributed by atoms with Crippen LogP contribution < -0.4 is 0 Å². The maximum absolute atomic E-state index is 11.9. The summed E-state index contributed by atoms with van der Waals surface area (Å²) < 4.78 is 14.7. The van der Waals surface area contributed by atoms with Crippen molar-refractivity contribution in [3.63, 3.8) is 0 Å². The first-order chi connectivity index (χ1) is 12.2. The SMILES string of the molecule is CCCCOC(=O)c1ccc(C#Cc2ccc(Br)c3nsnc23)cc1. The standard InChI is InChI=1S/C19H15BrN2O2S/c1-2-3-12-24-19(23)15-8-5-13(6-9-15)4-7-14-10-11-16(20)18-17(14)21-25-22-18/h5-6,8-11H,2-3,12H2,1H3. The van der Waals surface area contributed by atoms with Gasteiger partial charge in [0.05, 0.1) is 29.5 Å². The van der Waals surface area contributed by atoms with Gasteiger partial charge in [0.15, 0.2) is 0 Å². The Hall–Kier alpha value is -2.23. The number of benzene rings is 2. The molecule has 4 nitrogen and oxygen atoms in total. The largest absolute Gasteiger partial charge is 0.462 e. The maximum atomic E-state index is 11.9. The van der Waals surface area contributed by atoms with Crippen molar-refractivity contribution < 1.29 is 9.53 Å². The third kappa shape index (κ3) is 4.25. The van der Waals surface area contributed by atoms with Gasteiger partial charge in [0.25, 0.3) is 0 Å². The van der Waals surface area contributed by atoms with Gasteiger partial charge in [-0.1, -0.05) is 25.2 Å². The van der Waals surface area contributed by atoms with Crippen molar-refractivity contribution in [1.29, 1.82) is 0 Å². The number of hydrogen-bond donors (Lipinski definition) is 0. The van der Waals surface area contributed by atoms with E-state index in [0.29, 0.717) is 12.2 Å². The molecule has 1 aromatic heterocycles. The average molecular weight is 415 g/mol. The van der Waals surface area contributed by atoms with E-state index in [0.717, 1.165) is 39.5 Å². The number of nitrogens with zero attached hydrogens (tertiary/aromatic N) is 2. The number of rotatable bonds is 4. The molecule has 6 heteroatoms. The van der Waals surface area contributed by atoms with Crippen LogP contribution in [-0.4, -0.2) is 21.3 Å². The minimum atomic E-state index is -0.295. The van der Waals surface area contributed by atoms with Crippen LogP contribution in [0.4, 0.5) is 0 Å². The Kier molecular flexibility index (Phi) is 5.79. The summed E-state index contributed by atoms with van der Waals surface area (Å²) in [4.78, 5) is 11.9. The number of esters is 1. The lowest BCUT2D eigenvalue weighted by Crippen LogP contribution is -2.06. The predicted molar refractivity (Wildman–Crippen MR) is 103 cm³/mol. The zero-order chi connectivity index (χ0) is 17.6. The molecule has 25 heavy (non-hydrogen) atoms. The Morgan fingerprint density at radius 1 is 1.12 bits per heavy atom. The third-order valence-electron chi connectivity index (χ3n) is 3.56. The van der Waals surface area contributed by atoms with Crippen LogP contribution in [0.25, 0.3) is 11.0 Å². The van der Waals surface area contributed by atoms with E-state index >= 15 is 0 Å². The number of hydrogen-bond acceptors (Lipinski definition) is 5. The van der Waals surface area contributed by atoms with Gasteiger partial charge in [-0.15, -0.1) is 0 Å². The summed E-state index contributed by atoms with van der Waals surface area (Å²) in [6, 6.07) is 10.9. The second-order valence-corrected chi connectivity index (χ2v) is 6.76. The number of fused-ring (bicyclic) bond motifs is 1. The molecule has 0 atom stereocenters. The lowest BCUT2D eigenvalue weighted by Gasteiger charge is -2.03. The third-order valence-corrected chi connectivity index (χ3v) is 4.73. The number of ether oxygens (including phenoxy) is 1. The summed E-state index contributed by atoms with van der Waals surface area (Å²) in [5.74, 6) is 5.93. The first-order valence-corrected chi connectivity index (χ1v) is 9.41. The molecule has 0 aliphatic carbocycles. The second kappa shape index (κ2) is 8.24. The molecule has 0 radical (unpaired) electrons. The Morgan fingerprint density at radius 2 is 1.88 bits per heavy atom. The van der Waals surface area contributed by atoms with Crippen LogP contribution >= 0.6 is 27.7 Å². The Labute approximate surface area is 158 Å². The molecule has 0 bridgehead atoms. The van der Waals surface area contributed by atoms with Crippen LogP contribution in [0.1, 0.15) is 41.3 Å². The lowest BCUT2D eigenvalue weighted by atomic mass is 10.1. The van der Waals surface area contributed by atoms with Crippen LogP contribution in [0.2, 0.25) is 0 Å². The van der Waals surface area contributed by atoms with Crippen LogP contribution in [0.15, 0.2) is 40.9 Å². The van der Waals surface area contributed by atoms with Crippen LogP contribution in [0.5, 0.6) is 0 Å². The van der Waals surface area contributed by atoms with Crippen molar-refractivity contribution >= 4 is 44.7 Å². The van der Waals surface area contributed by atoms with Gasteiger partial charge in [-0.25, -0.2) is 4.79 Å². The molecular weight excluding hydrogens is 400 g/mol. The molecule has 126 valence electrons. The molecule has 2 aromatic carbocycles. The van der Waals surface area contributed by atoms with E-state index in [-0.39, 0.29) is 5.97 Å². The fourth-order valence-electron chi connectivity index (χ4n) is 2.16. The van der Waals surface area contributed by atoms with Gasteiger partial charge >= 0.3 is 5.97 Å². The molecule has 0 spiro atoms. The zero-order valence-corrected chi connectivity index (χ0v) is 16.0. The van der Waals surface area contributed by atoms with Crippen molar-refractivity contribution in [3.05, 3.63) is 57.6 Å². The number of unbranched alkanes of at least 4 members (excludes halogenated alkanes) is 1. The van der Waals surface area contributed by atoms with E-state index in [2.05, 4.69) is 43.4 Å². The molecule has 0 unspecified atom stereocenters. The Bertz CT molecular complexity index is 955. The van der Waals surface area contributed by atoms with Crippen molar-refractivity contribution in [2.75, 3.05) is 6.61 Å². The minimum absolute atomic E-state index is 0.295. The molecule has 3 aromatic rings. The molecule has 0 aliphatic rings. The first kappa shape index (κ1) is 17.6. The molecule has 3 rings (SSSR count). The quantitative estimate of drug-likeness (QED) is 0.349. The van der Waals surface area contributed by atoms with Gasteiger partial charge in [-0.05, 0) is 58.7 Å². The van der Waals surface area contributed by atoms with Crippen LogP contribution in [-0.2, 0) is 4.74 Å². The molecule has 0 amide bonds. The summed E-state index contributed by atoms with van der Waals surface area (Å²) >= 11 is 4.63. The van der Waals surface area contributed by atoms with Crippen LogP contribution in [0.3, 0.4) is 0 Å².